The normalized spacial score (nSPS) is 15.7. The van der Waals surface area contributed by atoms with E-state index in [2.05, 4.69) is 15.1 Å². The number of anilines is 3. The van der Waals surface area contributed by atoms with E-state index in [4.69, 9.17) is 5.73 Å². The van der Waals surface area contributed by atoms with Crippen molar-refractivity contribution in [3.05, 3.63) is 41.6 Å². The minimum Gasteiger partial charge on any atom is -0.398 e. The van der Waals surface area contributed by atoms with E-state index in [0.29, 0.717) is 12.2 Å². The van der Waals surface area contributed by atoms with Gasteiger partial charge in [0.15, 0.2) is 11.5 Å². The van der Waals surface area contributed by atoms with Crippen molar-refractivity contribution in [2.45, 2.75) is 25.7 Å². The monoisotopic (exact) mass is 395 g/mol. The van der Waals surface area contributed by atoms with Gasteiger partial charge in [0.05, 0.1) is 0 Å². The molecular weight excluding hydrogens is 373 g/mol. The Bertz CT molecular complexity index is 763. The minimum atomic E-state index is -0.109. The van der Waals surface area contributed by atoms with Gasteiger partial charge in [0.2, 0.25) is 0 Å². The van der Waals surface area contributed by atoms with Crippen molar-refractivity contribution in [2.75, 3.05) is 35.2 Å². The molecule has 0 radical (unpaired) electrons. The van der Waals surface area contributed by atoms with Crippen molar-refractivity contribution in [1.82, 2.24) is 10.2 Å². The van der Waals surface area contributed by atoms with Crippen LogP contribution in [0.5, 0.6) is 0 Å². The second-order valence-corrected chi connectivity index (χ2v) is 6.38. The van der Waals surface area contributed by atoms with Gasteiger partial charge in [-0.3, -0.25) is 4.79 Å². The van der Waals surface area contributed by atoms with E-state index in [9.17, 15) is 4.79 Å². The molecular formula is C18H23Cl2N5O. The Labute approximate surface area is 165 Å². The van der Waals surface area contributed by atoms with Gasteiger partial charge in [0, 0.05) is 31.0 Å². The van der Waals surface area contributed by atoms with Gasteiger partial charge < -0.3 is 15.5 Å². The highest BCUT2D eigenvalue weighted by Crippen LogP contribution is 2.32. The number of carbonyl (C=O) groups excluding carboxylic acids is 1. The number of hydrogen-bond donors (Lipinski definition) is 1. The van der Waals surface area contributed by atoms with Crippen LogP contribution in [0.3, 0.4) is 0 Å². The molecule has 3 heterocycles. The third kappa shape index (κ3) is 3.71. The van der Waals surface area contributed by atoms with E-state index in [1.54, 1.807) is 11.0 Å². The molecule has 2 N–H and O–H groups in total. The molecule has 2 aliphatic heterocycles. The molecule has 0 bridgehead atoms. The van der Waals surface area contributed by atoms with Crippen LogP contribution >= 0.6 is 24.8 Å². The smallest absolute Gasteiger partial charge is 0.278 e. The number of carbonyl (C=O) groups is 1. The van der Waals surface area contributed by atoms with E-state index in [1.165, 1.54) is 12.8 Å². The van der Waals surface area contributed by atoms with Gasteiger partial charge in [0.1, 0.15) is 0 Å². The number of amides is 1. The molecule has 0 aliphatic carbocycles. The predicted molar refractivity (Wildman–Crippen MR) is 109 cm³/mol. The minimum absolute atomic E-state index is 0. The standard InChI is InChI=1S/C18H21N5O.2ClH/c19-14-6-3-7-16-13(14)5-4-12-23(16)18(24)15-8-9-17(21-20-15)22-10-1-2-11-22;;/h3,6-9H,1-2,4-5,10-12,19H2;2*1H. The Morgan fingerprint density at radius 2 is 1.73 bits per heavy atom. The first-order chi connectivity index (χ1) is 11.7. The molecule has 0 unspecified atom stereocenters. The Kier molecular flexibility index (Phi) is 6.67. The van der Waals surface area contributed by atoms with Gasteiger partial charge in [-0.05, 0) is 55.5 Å². The van der Waals surface area contributed by atoms with E-state index < -0.39 is 0 Å². The fourth-order valence-corrected chi connectivity index (χ4v) is 3.56. The molecule has 2 aromatic rings. The van der Waals surface area contributed by atoms with Gasteiger partial charge in [0.25, 0.3) is 5.91 Å². The lowest BCUT2D eigenvalue weighted by atomic mass is 9.99. The summed E-state index contributed by atoms with van der Waals surface area (Å²) in [7, 11) is 0. The largest absolute Gasteiger partial charge is 0.398 e. The first-order valence-electron chi connectivity index (χ1n) is 8.52. The predicted octanol–water partition coefficient (Wildman–Crippen LogP) is 3.10. The first-order valence-corrected chi connectivity index (χ1v) is 8.52. The molecule has 4 rings (SSSR count). The number of hydrogen-bond acceptors (Lipinski definition) is 5. The number of nitrogens with two attached hydrogens (primary N) is 1. The van der Waals surface area contributed by atoms with E-state index in [0.717, 1.165) is 48.7 Å². The van der Waals surface area contributed by atoms with E-state index in [-0.39, 0.29) is 30.7 Å². The highest BCUT2D eigenvalue weighted by molar-refractivity contribution is 6.05. The molecule has 6 nitrogen and oxygen atoms in total. The maximum Gasteiger partial charge on any atom is 0.278 e. The lowest BCUT2D eigenvalue weighted by Crippen LogP contribution is -2.36. The third-order valence-corrected chi connectivity index (χ3v) is 4.83. The molecule has 140 valence electrons. The Morgan fingerprint density at radius 1 is 0.962 bits per heavy atom. The number of benzene rings is 1. The zero-order valence-corrected chi connectivity index (χ0v) is 16.1. The number of nitrogen functional groups attached to an aromatic ring is 1. The molecule has 8 heteroatoms. The van der Waals surface area contributed by atoms with Crippen molar-refractivity contribution < 1.29 is 4.79 Å². The molecule has 1 aromatic heterocycles. The zero-order valence-electron chi connectivity index (χ0n) is 14.4. The summed E-state index contributed by atoms with van der Waals surface area (Å²) >= 11 is 0. The van der Waals surface area contributed by atoms with Crippen LogP contribution in [0.2, 0.25) is 0 Å². The highest BCUT2D eigenvalue weighted by atomic mass is 35.5. The SMILES string of the molecule is Cl.Cl.Nc1cccc2c1CCCN2C(=O)c1ccc(N2CCCC2)nn1. The quantitative estimate of drug-likeness (QED) is 0.790. The van der Waals surface area contributed by atoms with Crippen LogP contribution in [-0.4, -0.2) is 35.7 Å². The maximum absolute atomic E-state index is 12.9. The molecule has 26 heavy (non-hydrogen) atoms. The average Bonchev–Trinajstić information content (AvgIpc) is 3.16. The Hall–Kier alpha value is -2.05. The molecule has 0 atom stereocenters. The summed E-state index contributed by atoms with van der Waals surface area (Å²) < 4.78 is 0. The summed E-state index contributed by atoms with van der Waals surface area (Å²) in [6.45, 7) is 2.71. The second kappa shape index (κ2) is 8.56. The molecule has 1 amide bonds. The summed E-state index contributed by atoms with van der Waals surface area (Å²) in [5.74, 6) is 0.745. The fraction of sp³-hybridized carbons (Fsp3) is 0.389. The van der Waals surface area contributed by atoms with E-state index in [1.807, 2.05) is 24.3 Å². The lowest BCUT2D eigenvalue weighted by Gasteiger charge is -2.30. The Morgan fingerprint density at radius 3 is 2.42 bits per heavy atom. The number of nitrogens with zero attached hydrogens (tertiary/aromatic N) is 4. The van der Waals surface area contributed by atoms with Crippen molar-refractivity contribution in [3.63, 3.8) is 0 Å². The van der Waals surface area contributed by atoms with Crippen LogP contribution in [0, 0.1) is 0 Å². The summed E-state index contributed by atoms with van der Waals surface area (Å²) in [6, 6.07) is 9.41. The van der Waals surface area contributed by atoms with Gasteiger partial charge in [-0.25, -0.2) is 0 Å². The van der Waals surface area contributed by atoms with Crippen LogP contribution in [0.15, 0.2) is 30.3 Å². The van der Waals surface area contributed by atoms with Crippen molar-refractivity contribution in [1.29, 1.82) is 0 Å². The zero-order chi connectivity index (χ0) is 16.5. The van der Waals surface area contributed by atoms with Crippen molar-refractivity contribution in [2.24, 2.45) is 0 Å². The Balaban J connectivity index is 0.00000121. The second-order valence-electron chi connectivity index (χ2n) is 6.38. The van der Waals surface area contributed by atoms with E-state index >= 15 is 0 Å². The van der Waals surface area contributed by atoms with Gasteiger partial charge in [-0.1, -0.05) is 6.07 Å². The number of rotatable bonds is 2. The van der Waals surface area contributed by atoms with Crippen molar-refractivity contribution >= 4 is 47.9 Å². The molecule has 1 saturated heterocycles. The average molecular weight is 396 g/mol. The van der Waals surface area contributed by atoms with Crippen LogP contribution in [0.4, 0.5) is 17.2 Å². The molecule has 0 spiro atoms. The molecule has 1 fully saturated rings. The van der Waals surface area contributed by atoms with Gasteiger partial charge in [-0.2, -0.15) is 0 Å². The highest BCUT2D eigenvalue weighted by Gasteiger charge is 2.26. The summed E-state index contributed by atoms with van der Waals surface area (Å²) in [6.07, 6.45) is 4.19. The van der Waals surface area contributed by atoms with Crippen LogP contribution < -0.4 is 15.5 Å². The molecule has 0 saturated carbocycles. The van der Waals surface area contributed by atoms with Crippen LogP contribution in [0.25, 0.3) is 0 Å². The summed E-state index contributed by atoms with van der Waals surface area (Å²) in [5, 5.41) is 8.43. The van der Waals surface area contributed by atoms with Crippen LogP contribution in [0.1, 0.15) is 35.3 Å². The fourth-order valence-electron chi connectivity index (χ4n) is 3.56. The lowest BCUT2D eigenvalue weighted by molar-refractivity contribution is 0.0979. The number of fused-ring (bicyclic) bond motifs is 1. The van der Waals surface area contributed by atoms with Crippen molar-refractivity contribution in [3.8, 4) is 0 Å². The summed E-state index contributed by atoms with van der Waals surface area (Å²) in [4.78, 5) is 16.9. The number of halogens is 2. The van der Waals surface area contributed by atoms with Crippen LogP contribution in [-0.2, 0) is 6.42 Å². The third-order valence-electron chi connectivity index (χ3n) is 4.83. The summed E-state index contributed by atoms with van der Waals surface area (Å²) in [5.41, 5.74) is 9.15. The van der Waals surface area contributed by atoms with Gasteiger partial charge in [-0.15, -0.1) is 35.0 Å². The first kappa shape index (κ1) is 20.3. The maximum atomic E-state index is 12.9. The number of aromatic nitrogens is 2. The molecule has 2 aliphatic rings. The topological polar surface area (TPSA) is 75.3 Å². The van der Waals surface area contributed by atoms with Gasteiger partial charge >= 0.3 is 0 Å². The molecule has 1 aromatic carbocycles.